The van der Waals surface area contributed by atoms with Crippen molar-refractivity contribution in [3.05, 3.63) is 78.4 Å². The zero-order chi connectivity index (χ0) is 21.3. The van der Waals surface area contributed by atoms with Crippen LogP contribution < -0.4 is 10.9 Å². The molecule has 0 fully saturated rings. The summed E-state index contributed by atoms with van der Waals surface area (Å²) in [5.41, 5.74) is 2.02. The maximum atomic E-state index is 13.5. The second kappa shape index (κ2) is 10.9. The van der Waals surface area contributed by atoms with Crippen molar-refractivity contribution in [3.63, 3.8) is 0 Å². The van der Waals surface area contributed by atoms with Gasteiger partial charge in [0, 0.05) is 12.4 Å². The highest BCUT2D eigenvalue weighted by molar-refractivity contribution is 6.85. The molecule has 6 heteroatoms. The van der Waals surface area contributed by atoms with Crippen molar-refractivity contribution < 1.29 is 13.2 Å². The number of nitrogens with one attached hydrogen (secondary N) is 1. The predicted octanol–water partition coefficient (Wildman–Crippen LogP) is 5.65. The molecular formula is C23H28BF3N2. The molecule has 0 aliphatic heterocycles. The number of imidazole rings is 1. The van der Waals surface area contributed by atoms with Crippen molar-refractivity contribution >= 4 is 17.6 Å². The molecule has 29 heavy (non-hydrogen) atoms. The van der Waals surface area contributed by atoms with E-state index in [1.165, 1.54) is 17.7 Å². The molecule has 0 aliphatic rings. The first-order valence-corrected chi connectivity index (χ1v) is 10.0. The van der Waals surface area contributed by atoms with Crippen molar-refractivity contribution in [2.45, 2.75) is 52.0 Å². The normalized spacial score (nSPS) is 11.1. The number of hydrogen-bond acceptors (Lipinski definition) is 1. The van der Waals surface area contributed by atoms with Gasteiger partial charge in [-0.2, -0.15) is 13.2 Å². The molecule has 1 aromatic heterocycles. The molecule has 0 aliphatic carbocycles. The number of halogens is 3. The van der Waals surface area contributed by atoms with E-state index in [0.717, 1.165) is 24.6 Å². The Kier molecular flexibility index (Phi) is 8.56. The number of H-pyrrole nitrogens is 1. The van der Waals surface area contributed by atoms with Crippen LogP contribution in [0.2, 0.25) is 6.32 Å². The first-order chi connectivity index (χ1) is 13.8. The summed E-state index contributed by atoms with van der Waals surface area (Å²) in [6.07, 6.45) is 3.36. The molecule has 154 valence electrons. The van der Waals surface area contributed by atoms with Gasteiger partial charge in [-0.3, -0.25) is 0 Å². The van der Waals surface area contributed by atoms with Crippen LogP contribution in [0.4, 0.5) is 13.2 Å². The van der Waals surface area contributed by atoms with E-state index >= 15 is 0 Å². The van der Waals surface area contributed by atoms with E-state index in [2.05, 4.69) is 36.8 Å². The smallest absolute Gasteiger partial charge is 0.351 e. The Hall–Kier alpha value is -2.50. The van der Waals surface area contributed by atoms with Crippen LogP contribution in [-0.4, -0.2) is 16.7 Å². The number of aromatic amines is 1. The summed E-state index contributed by atoms with van der Waals surface area (Å²) in [5, 5.41) is 0. The summed E-state index contributed by atoms with van der Waals surface area (Å²) in [5.74, 6) is 0.356. The maximum Gasteiger partial charge on any atom is 0.415 e. The molecule has 0 radical (unpaired) electrons. The summed E-state index contributed by atoms with van der Waals surface area (Å²) in [7, 11) is 0. The average molecular weight is 400 g/mol. The molecule has 0 saturated carbocycles. The fraction of sp³-hybridized carbons (Fsp3) is 0.348. The van der Waals surface area contributed by atoms with Crippen LogP contribution in [-0.2, 0) is 6.18 Å². The number of nitrogens with zero attached hydrogens (tertiary/aromatic N) is 1. The van der Waals surface area contributed by atoms with Gasteiger partial charge in [-0.05, 0) is 11.5 Å². The van der Waals surface area contributed by atoms with Gasteiger partial charge in [0.1, 0.15) is 0 Å². The van der Waals surface area contributed by atoms with Crippen molar-refractivity contribution in [3.8, 4) is 0 Å². The summed E-state index contributed by atoms with van der Waals surface area (Å²) in [6.45, 7) is 6.05. The number of unbranched alkanes of at least 4 members (excludes halogenated alkanes) is 1. The first kappa shape index (κ1) is 22.8. The molecule has 0 saturated heterocycles. The molecule has 0 spiro atoms. The monoisotopic (exact) mass is 400 g/mol. The van der Waals surface area contributed by atoms with Gasteiger partial charge in [-0.25, -0.2) is 4.98 Å². The lowest BCUT2D eigenvalue weighted by atomic mass is 9.37. The molecule has 0 amide bonds. The highest BCUT2D eigenvalue weighted by Crippen LogP contribution is 2.28. The fourth-order valence-electron chi connectivity index (χ4n) is 3.32. The molecule has 0 unspecified atom stereocenters. The van der Waals surface area contributed by atoms with Gasteiger partial charge < -0.3 is 4.98 Å². The zero-order valence-corrected chi connectivity index (χ0v) is 17.2. The Morgan fingerprint density at radius 2 is 1.83 bits per heavy atom. The lowest BCUT2D eigenvalue weighted by Crippen LogP contribution is -2.45. The average Bonchev–Trinajstić information content (AvgIpc) is 3.28. The van der Waals surface area contributed by atoms with Gasteiger partial charge in [-0.1, -0.05) is 99.4 Å². The van der Waals surface area contributed by atoms with E-state index in [0.29, 0.717) is 11.4 Å². The summed E-state index contributed by atoms with van der Waals surface area (Å²) < 4.78 is 40.4. The minimum absolute atomic E-state index is 0.221. The van der Waals surface area contributed by atoms with Crippen LogP contribution in [0.5, 0.6) is 0 Å². The van der Waals surface area contributed by atoms with Gasteiger partial charge in [0.25, 0.3) is 0 Å². The molecular weight excluding hydrogens is 372 g/mol. The molecule has 0 atom stereocenters. The summed E-state index contributed by atoms with van der Waals surface area (Å²) >= 11 is 0. The third kappa shape index (κ3) is 6.80. The number of alkyl halides is 3. The molecule has 1 heterocycles. The number of hydrogen-bond donors (Lipinski definition) is 1. The van der Waals surface area contributed by atoms with Crippen molar-refractivity contribution in [2.24, 2.45) is 0 Å². The molecule has 3 aromatic rings. The van der Waals surface area contributed by atoms with Crippen LogP contribution in [0, 0.1) is 0 Å². The second-order valence-electron chi connectivity index (χ2n) is 7.37. The van der Waals surface area contributed by atoms with Crippen LogP contribution in [0.3, 0.4) is 0 Å². The second-order valence-corrected chi connectivity index (χ2v) is 7.37. The highest BCUT2D eigenvalue weighted by atomic mass is 19.4. The van der Waals surface area contributed by atoms with Gasteiger partial charge in [-0.15, -0.1) is 0 Å². The number of benzene rings is 2. The Balaban J connectivity index is 0.000000521. The van der Waals surface area contributed by atoms with Gasteiger partial charge in [0.2, 0.25) is 6.71 Å². The third-order valence-corrected chi connectivity index (χ3v) is 4.87. The van der Waals surface area contributed by atoms with Crippen LogP contribution in [0.25, 0.3) is 0 Å². The molecule has 2 nitrogen and oxygen atoms in total. The van der Waals surface area contributed by atoms with E-state index in [-0.39, 0.29) is 6.71 Å². The minimum Gasteiger partial charge on any atom is -0.351 e. The topological polar surface area (TPSA) is 28.7 Å². The van der Waals surface area contributed by atoms with Crippen molar-refractivity contribution in [1.29, 1.82) is 0 Å². The number of aromatic nitrogens is 2. The van der Waals surface area contributed by atoms with Gasteiger partial charge >= 0.3 is 6.18 Å². The lowest BCUT2D eigenvalue weighted by molar-refractivity contribution is -0.136. The Morgan fingerprint density at radius 1 is 1.07 bits per heavy atom. The predicted molar refractivity (Wildman–Crippen MR) is 115 cm³/mol. The quantitative estimate of drug-likeness (QED) is 0.533. The SMILES string of the molecule is CCCCB(c1cccc(C(C)C)c1)c1ccccc1C(F)(F)F.c1c[nH]cn1. The Morgan fingerprint density at radius 3 is 2.38 bits per heavy atom. The molecule has 0 bridgehead atoms. The molecule has 1 N–H and O–H groups in total. The van der Waals surface area contributed by atoms with E-state index in [4.69, 9.17) is 0 Å². The summed E-state index contributed by atoms with van der Waals surface area (Å²) in [4.78, 5) is 6.42. The maximum absolute atomic E-state index is 13.5. The van der Waals surface area contributed by atoms with Gasteiger partial charge in [0.05, 0.1) is 11.9 Å². The minimum atomic E-state index is -4.32. The Bertz CT molecular complexity index is 828. The van der Waals surface area contributed by atoms with Crippen molar-refractivity contribution in [1.82, 2.24) is 9.97 Å². The first-order valence-electron chi connectivity index (χ1n) is 10.0. The van der Waals surface area contributed by atoms with Gasteiger partial charge in [0.15, 0.2) is 0 Å². The van der Waals surface area contributed by atoms with Crippen molar-refractivity contribution in [2.75, 3.05) is 0 Å². The van der Waals surface area contributed by atoms with E-state index < -0.39 is 11.7 Å². The fourth-order valence-corrected chi connectivity index (χ4v) is 3.32. The van der Waals surface area contributed by atoms with E-state index in [9.17, 15) is 13.2 Å². The highest BCUT2D eigenvalue weighted by Gasteiger charge is 2.36. The Labute approximate surface area is 171 Å². The van der Waals surface area contributed by atoms with Crippen LogP contribution in [0.1, 0.15) is 50.7 Å². The molecule has 2 aromatic carbocycles. The summed E-state index contributed by atoms with van der Waals surface area (Å²) in [6, 6.07) is 14.0. The third-order valence-electron chi connectivity index (χ3n) is 4.87. The number of rotatable bonds is 6. The molecule has 3 rings (SSSR count). The largest absolute Gasteiger partial charge is 0.415 e. The van der Waals surface area contributed by atoms with E-state index in [1.807, 2.05) is 18.2 Å². The zero-order valence-electron chi connectivity index (χ0n) is 17.2. The van der Waals surface area contributed by atoms with E-state index in [1.54, 1.807) is 30.9 Å². The lowest BCUT2D eigenvalue weighted by Gasteiger charge is -2.21. The van der Waals surface area contributed by atoms with Crippen LogP contribution >= 0.6 is 0 Å². The standard InChI is InChI=1S/C20H24BF3.C3H4N2/c1-4-5-13-21(17-10-8-9-16(14-17)15(2)3)19-12-7-6-11-18(19)20(22,23)24;1-2-5-3-4-1/h6-12,14-15H,4-5,13H2,1-3H3;1-3H,(H,4,5). The van der Waals surface area contributed by atoms with Crippen LogP contribution in [0.15, 0.2) is 67.3 Å².